The van der Waals surface area contributed by atoms with Crippen molar-refractivity contribution in [3.8, 4) is 0 Å². The zero-order chi connectivity index (χ0) is 19.1. The molecule has 2 aromatic carbocycles. The maximum Gasteiger partial charge on any atom is 0.338 e. The van der Waals surface area contributed by atoms with Crippen molar-refractivity contribution in [2.75, 3.05) is 18.5 Å². The lowest BCUT2D eigenvalue weighted by molar-refractivity contribution is -0.115. The molecular formula is C19H20F2N2O3. The Bertz CT molecular complexity index is 779. The predicted molar refractivity (Wildman–Crippen MR) is 93.8 cm³/mol. The maximum atomic E-state index is 13.7. The Morgan fingerprint density at radius 3 is 2.42 bits per heavy atom. The minimum Gasteiger partial charge on any atom is -0.462 e. The van der Waals surface area contributed by atoms with Crippen LogP contribution in [0.4, 0.5) is 14.5 Å². The Morgan fingerprint density at radius 2 is 1.81 bits per heavy atom. The van der Waals surface area contributed by atoms with Crippen LogP contribution in [-0.2, 0) is 9.53 Å². The minimum absolute atomic E-state index is 0.0579. The van der Waals surface area contributed by atoms with Gasteiger partial charge in [-0.05, 0) is 44.2 Å². The molecule has 26 heavy (non-hydrogen) atoms. The average molecular weight is 362 g/mol. The van der Waals surface area contributed by atoms with E-state index in [-0.39, 0.29) is 24.6 Å². The molecule has 0 aliphatic heterocycles. The third-order valence-corrected chi connectivity index (χ3v) is 3.68. The van der Waals surface area contributed by atoms with Crippen molar-refractivity contribution in [2.24, 2.45) is 0 Å². The van der Waals surface area contributed by atoms with E-state index in [0.29, 0.717) is 11.3 Å². The van der Waals surface area contributed by atoms with Gasteiger partial charge in [0, 0.05) is 23.4 Å². The highest BCUT2D eigenvalue weighted by Gasteiger charge is 2.13. The van der Waals surface area contributed by atoms with Gasteiger partial charge in [0.05, 0.1) is 18.7 Å². The van der Waals surface area contributed by atoms with E-state index in [0.717, 1.165) is 6.07 Å². The zero-order valence-electron chi connectivity index (χ0n) is 14.5. The van der Waals surface area contributed by atoms with Crippen LogP contribution in [-0.4, -0.2) is 25.0 Å². The summed E-state index contributed by atoms with van der Waals surface area (Å²) in [6.45, 7) is 3.63. The highest BCUT2D eigenvalue weighted by molar-refractivity contribution is 5.94. The average Bonchev–Trinajstić information content (AvgIpc) is 2.60. The molecule has 7 heteroatoms. The lowest BCUT2D eigenvalue weighted by Crippen LogP contribution is -2.30. The Hall–Kier alpha value is -2.80. The highest BCUT2D eigenvalue weighted by atomic mass is 19.1. The van der Waals surface area contributed by atoms with Gasteiger partial charge < -0.3 is 15.4 Å². The Labute approximate surface area is 150 Å². The van der Waals surface area contributed by atoms with Crippen LogP contribution in [0.3, 0.4) is 0 Å². The molecule has 138 valence electrons. The van der Waals surface area contributed by atoms with Crippen molar-refractivity contribution in [3.05, 3.63) is 65.2 Å². The molecule has 0 unspecified atom stereocenters. The van der Waals surface area contributed by atoms with Gasteiger partial charge in [0.25, 0.3) is 0 Å². The van der Waals surface area contributed by atoms with Crippen molar-refractivity contribution in [2.45, 2.75) is 19.9 Å². The molecular weight excluding hydrogens is 342 g/mol. The number of carbonyl (C=O) groups excluding carboxylic acids is 2. The molecule has 2 aromatic rings. The van der Waals surface area contributed by atoms with E-state index in [2.05, 4.69) is 10.6 Å². The molecule has 0 saturated carbocycles. The fourth-order valence-electron chi connectivity index (χ4n) is 2.32. The maximum absolute atomic E-state index is 13.7. The minimum atomic E-state index is -0.667. The molecule has 0 aliphatic carbocycles. The molecule has 2 N–H and O–H groups in total. The number of hydrogen-bond donors (Lipinski definition) is 2. The van der Waals surface area contributed by atoms with Crippen molar-refractivity contribution in [1.29, 1.82) is 0 Å². The van der Waals surface area contributed by atoms with E-state index in [1.807, 2.05) is 0 Å². The number of halogens is 2. The number of nitrogens with one attached hydrogen (secondary N) is 2. The normalized spacial score (nSPS) is 11.7. The lowest BCUT2D eigenvalue weighted by atomic mass is 10.1. The first-order valence-corrected chi connectivity index (χ1v) is 8.16. The van der Waals surface area contributed by atoms with E-state index in [1.165, 1.54) is 12.1 Å². The van der Waals surface area contributed by atoms with Gasteiger partial charge in [-0.2, -0.15) is 0 Å². The van der Waals surface area contributed by atoms with Gasteiger partial charge in [0.15, 0.2) is 0 Å². The van der Waals surface area contributed by atoms with Gasteiger partial charge in [-0.15, -0.1) is 0 Å². The Morgan fingerprint density at radius 1 is 1.12 bits per heavy atom. The van der Waals surface area contributed by atoms with Gasteiger partial charge in [-0.3, -0.25) is 4.79 Å². The second-order valence-corrected chi connectivity index (χ2v) is 5.61. The fraction of sp³-hybridized carbons (Fsp3) is 0.263. The topological polar surface area (TPSA) is 67.4 Å². The summed E-state index contributed by atoms with van der Waals surface area (Å²) in [5.74, 6) is -2.08. The zero-order valence-corrected chi connectivity index (χ0v) is 14.5. The summed E-state index contributed by atoms with van der Waals surface area (Å²) in [6, 6.07) is 9.14. The molecule has 0 aromatic heterocycles. The van der Waals surface area contributed by atoms with Crippen LogP contribution in [0.1, 0.15) is 35.8 Å². The Balaban J connectivity index is 1.87. The molecule has 1 atom stereocenters. The van der Waals surface area contributed by atoms with E-state index in [9.17, 15) is 18.4 Å². The molecule has 2 rings (SSSR count). The van der Waals surface area contributed by atoms with Gasteiger partial charge in [-0.25, -0.2) is 13.6 Å². The summed E-state index contributed by atoms with van der Waals surface area (Å²) >= 11 is 0. The second kappa shape index (κ2) is 9.05. The summed E-state index contributed by atoms with van der Waals surface area (Å²) in [6.07, 6.45) is 0. The number of hydrogen-bond acceptors (Lipinski definition) is 4. The van der Waals surface area contributed by atoms with E-state index < -0.39 is 23.6 Å². The van der Waals surface area contributed by atoms with E-state index in [1.54, 1.807) is 38.1 Å². The Kier molecular flexibility index (Phi) is 6.80. The van der Waals surface area contributed by atoms with Crippen molar-refractivity contribution in [3.63, 3.8) is 0 Å². The third kappa shape index (κ3) is 5.35. The fourth-order valence-corrected chi connectivity index (χ4v) is 2.32. The first kappa shape index (κ1) is 19.5. The number of esters is 1. The molecule has 0 bridgehead atoms. The molecule has 0 saturated heterocycles. The number of benzene rings is 2. The van der Waals surface area contributed by atoms with Crippen molar-refractivity contribution in [1.82, 2.24) is 5.32 Å². The van der Waals surface area contributed by atoms with Gasteiger partial charge >= 0.3 is 5.97 Å². The molecule has 0 spiro atoms. The summed E-state index contributed by atoms with van der Waals surface area (Å²) in [5, 5.41) is 5.54. The van der Waals surface area contributed by atoms with Crippen LogP contribution in [0.15, 0.2) is 42.5 Å². The van der Waals surface area contributed by atoms with Crippen LogP contribution in [0, 0.1) is 11.6 Å². The number of ether oxygens (including phenoxy) is 1. The number of anilines is 1. The standard InChI is InChI=1S/C19H20F2N2O3/c1-3-26-19(25)13-4-7-15(8-5-13)23-18(24)11-22-12(2)16-9-6-14(20)10-17(16)21/h4-10,12,22H,3,11H2,1-2H3,(H,23,24)/t12-/m1/s1. The second-order valence-electron chi connectivity index (χ2n) is 5.61. The summed E-state index contributed by atoms with van der Waals surface area (Å²) in [5.41, 5.74) is 1.19. The first-order valence-electron chi connectivity index (χ1n) is 8.16. The van der Waals surface area contributed by atoms with E-state index >= 15 is 0 Å². The van der Waals surface area contributed by atoms with Crippen LogP contribution in [0.2, 0.25) is 0 Å². The molecule has 0 radical (unpaired) electrons. The highest BCUT2D eigenvalue weighted by Crippen LogP contribution is 2.17. The number of amides is 1. The predicted octanol–water partition coefficient (Wildman–Crippen LogP) is 3.43. The molecule has 0 heterocycles. The number of rotatable bonds is 7. The van der Waals surface area contributed by atoms with Gasteiger partial charge in [0.1, 0.15) is 11.6 Å². The monoisotopic (exact) mass is 362 g/mol. The van der Waals surface area contributed by atoms with Crippen molar-refractivity contribution >= 4 is 17.6 Å². The molecule has 5 nitrogen and oxygen atoms in total. The van der Waals surface area contributed by atoms with Crippen LogP contribution in [0.5, 0.6) is 0 Å². The smallest absolute Gasteiger partial charge is 0.338 e. The van der Waals surface area contributed by atoms with Crippen LogP contribution < -0.4 is 10.6 Å². The van der Waals surface area contributed by atoms with Crippen molar-refractivity contribution < 1.29 is 23.1 Å². The largest absolute Gasteiger partial charge is 0.462 e. The summed E-state index contributed by atoms with van der Waals surface area (Å²) in [7, 11) is 0. The van der Waals surface area contributed by atoms with Crippen LogP contribution >= 0.6 is 0 Å². The number of carbonyl (C=O) groups is 2. The quantitative estimate of drug-likeness (QED) is 0.741. The molecule has 0 aliphatic rings. The summed E-state index contributed by atoms with van der Waals surface area (Å²) < 4.78 is 31.5. The first-order chi connectivity index (χ1) is 12.4. The molecule has 1 amide bonds. The SMILES string of the molecule is CCOC(=O)c1ccc(NC(=O)CN[C@H](C)c2ccc(F)cc2F)cc1. The lowest BCUT2D eigenvalue weighted by Gasteiger charge is -2.15. The van der Waals surface area contributed by atoms with E-state index in [4.69, 9.17) is 4.74 Å². The van der Waals surface area contributed by atoms with Gasteiger partial charge in [-0.1, -0.05) is 6.07 Å². The van der Waals surface area contributed by atoms with Crippen LogP contribution in [0.25, 0.3) is 0 Å². The van der Waals surface area contributed by atoms with Gasteiger partial charge in [0.2, 0.25) is 5.91 Å². The third-order valence-electron chi connectivity index (χ3n) is 3.68. The molecule has 0 fully saturated rings. The summed E-state index contributed by atoms with van der Waals surface area (Å²) in [4.78, 5) is 23.6.